The molecule has 2 nitrogen and oxygen atoms in total. The molecular formula is C12H22O2. The Morgan fingerprint density at radius 3 is 2.50 bits per heavy atom. The summed E-state index contributed by atoms with van der Waals surface area (Å²) in [5.41, 5.74) is 0. The second-order valence-corrected chi connectivity index (χ2v) is 3.48. The third-order valence-electron chi connectivity index (χ3n) is 2.02. The molecule has 0 rings (SSSR count). The Kier molecular flexibility index (Phi) is 9.71. The summed E-state index contributed by atoms with van der Waals surface area (Å²) >= 11 is 0. The Labute approximate surface area is 87.3 Å². The normalized spacial score (nSPS) is 10.7. The first kappa shape index (κ1) is 13.2. The molecule has 0 aromatic rings. The molecule has 0 amide bonds. The number of hydrogen-bond donors (Lipinski definition) is 0. The van der Waals surface area contributed by atoms with Crippen molar-refractivity contribution in [3.63, 3.8) is 0 Å². The van der Waals surface area contributed by atoms with E-state index in [4.69, 9.17) is 4.74 Å². The lowest BCUT2D eigenvalue weighted by atomic mass is 10.1. The maximum Gasteiger partial charge on any atom is 0.302 e. The number of esters is 1. The number of allylic oxidation sites excluding steroid dienone is 1. The summed E-state index contributed by atoms with van der Waals surface area (Å²) < 4.78 is 4.76. The predicted molar refractivity (Wildman–Crippen MR) is 59.1 cm³/mol. The van der Waals surface area contributed by atoms with Gasteiger partial charge in [-0.25, -0.2) is 0 Å². The maximum atomic E-state index is 10.4. The van der Waals surface area contributed by atoms with Crippen molar-refractivity contribution in [3.05, 3.63) is 12.2 Å². The van der Waals surface area contributed by atoms with Gasteiger partial charge in [0.05, 0.1) is 0 Å². The smallest absolute Gasteiger partial charge is 0.302 e. The van der Waals surface area contributed by atoms with Crippen molar-refractivity contribution in [3.8, 4) is 0 Å². The molecular weight excluding hydrogens is 176 g/mol. The maximum absolute atomic E-state index is 10.4. The molecule has 0 radical (unpaired) electrons. The molecule has 0 unspecified atom stereocenters. The monoisotopic (exact) mass is 198 g/mol. The molecule has 0 heterocycles. The van der Waals surface area contributed by atoms with E-state index in [2.05, 4.69) is 13.0 Å². The Bertz CT molecular complexity index is 162. The van der Waals surface area contributed by atoms with E-state index in [1.54, 1.807) is 0 Å². The summed E-state index contributed by atoms with van der Waals surface area (Å²) in [6.07, 6.45) is 11.6. The van der Waals surface area contributed by atoms with E-state index in [-0.39, 0.29) is 5.97 Å². The lowest BCUT2D eigenvalue weighted by Crippen LogP contribution is -1.97. The zero-order valence-electron chi connectivity index (χ0n) is 9.42. The quantitative estimate of drug-likeness (QED) is 0.339. The average Bonchev–Trinajstić information content (AvgIpc) is 2.15. The first-order chi connectivity index (χ1) is 6.77. The van der Waals surface area contributed by atoms with E-state index in [9.17, 15) is 4.79 Å². The Morgan fingerprint density at radius 2 is 1.86 bits per heavy atom. The SMILES string of the molecule is CCCCCCCC=CCOC(C)=O. The number of ether oxygens (including phenoxy) is 1. The highest BCUT2D eigenvalue weighted by Gasteiger charge is 1.88. The Hall–Kier alpha value is -0.790. The van der Waals surface area contributed by atoms with Gasteiger partial charge >= 0.3 is 5.97 Å². The highest BCUT2D eigenvalue weighted by molar-refractivity contribution is 5.65. The molecule has 0 bridgehead atoms. The summed E-state index contributed by atoms with van der Waals surface area (Å²) in [5, 5.41) is 0. The fourth-order valence-electron chi connectivity index (χ4n) is 1.22. The van der Waals surface area contributed by atoms with Crippen LogP contribution in [0.15, 0.2) is 12.2 Å². The van der Waals surface area contributed by atoms with Gasteiger partial charge in [-0.15, -0.1) is 0 Å². The topological polar surface area (TPSA) is 26.3 Å². The zero-order chi connectivity index (χ0) is 10.6. The largest absolute Gasteiger partial charge is 0.462 e. The van der Waals surface area contributed by atoms with Crippen LogP contribution in [0.5, 0.6) is 0 Å². The van der Waals surface area contributed by atoms with Crippen LogP contribution in [-0.2, 0) is 9.53 Å². The van der Waals surface area contributed by atoms with Crippen LogP contribution in [-0.4, -0.2) is 12.6 Å². The summed E-state index contributed by atoms with van der Waals surface area (Å²) in [5.74, 6) is -0.211. The lowest BCUT2D eigenvalue weighted by Gasteiger charge is -1.97. The van der Waals surface area contributed by atoms with Gasteiger partial charge in [-0.3, -0.25) is 4.79 Å². The first-order valence-electron chi connectivity index (χ1n) is 5.55. The second kappa shape index (κ2) is 10.3. The van der Waals surface area contributed by atoms with Gasteiger partial charge in [-0.2, -0.15) is 0 Å². The zero-order valence-corrected chi connectivity index (χ0v) is 9.42. The molecule has 0 aliphatic heterocycles. The van der Waals surface area contributed by atoms with Gasteiger partial charge in [0.2, 0.25) is 0 Å². The van der Waals surface area contributed by atoms with Gasteiger partial charge in [0.25, 0.3) is 0 Å². The molecule has 0 atom stereocenters. The molecule has 0 aliphatic carbocycles. The van der Waals surface area contributed by atoms with Gasteiger partial charge in [-0.05, 0) is 12.8 Å². The van der Waals surface area contributed by atoms with E-state index in [0.717, 1.165) is 6.42 Å². The van der Waals surface area contributed by atoms with Gasteiger partial charge < -0.3 is 4.74 Å². The third kappa shape index (κ3) is 11.2. The van der Waals surface area contributed by atoms with Gasteiger partial charge in [0.1, 0.15) is 6.61 Å². The third-order valence-corrected chi connectivity index (χ3v) is 2.02. The summed E-state index contributed by atoms with van der Waals surface area (Å²) in [7, 11) is 0. The summed E-state index contributed by atoms with van der Waals surface area (Å²) in [6.45, 7) is 4.07. The van der Waals surface area contributed by atoms with Crippen LogP contribution >= 0.6 is 0 Å². The highest BCUT2D eigenvalue weighted by atomic mass is 16.5. The highest BCUT2D eigenvalue weighted by Crippen LogP contribution is 2.05. The van der Waals surface area contributed by atoms with E-state index >= 15 is 0 Å². The van der Waals surface area contributed by atoms with Crippen LogP contribution in [0.3, 0.4) is 0 Å². The number of unbranched alkanes of at least 4 members (excludes halogenated alkanes) is 5. The minimum atomic E-state index is -0.211. The molecule has 0 saturated carbocycles. The van der Waals surface area contributed by atoms with Crippen molar-refractivity contribution < 1.29 is 9.53 Å². The van der Waals surface area contributed by atoms with Crippen molar-refractivity contribution in [2.45, 2.75) is 52.4 Å². The fourth-order valence-corrected chi connectivity index (χ4v) is 1.22. The van der Waals surface area contributed by atoms with Crippen molar-refractivity contribution in [2.75, 3.05) is 6.61 Å². The van der Waals surface area contributed by atoms with Crippen molar-refractivity contribution in [1.29, 1.82) is 0 Å². The van der Waals surface area contributed by atoms with Crippen LogP contribution in [0.2, 0.25) is 0 Å². The minimum absolute atomic E-state index is 0.211. The number of rotatable bonds is 8. The molecule has 0 aromatic heterocycles. The molecule has 0 N–H and O–H groups in total. The van der Waals surface area contributed by atoms with E-state index in [1.165, 1.54) is 39.0 Å². The Morgan fingerprint density at radius 1 is 1.14 bits per heavy atom. The van der Waals surface area contributed by atoms with Crippen LogP contribution in [0.4, 0.5) is 0 Å². The van der Waals surface area contributed by atoms with Gasteiger partial charge in [0, 0.05) is 6.92 Å². The Balaban J connectivity index is 3.07. The van der Waals surface area contributed by atoms with Crippen LogP contribution in [0.25, 0.3) is 0 Å². The minimum Gasteiger partial charge on any atom is -0.462 e. The van der Waals surface area contributed by atoms with Gasteiger partial charge in [0.15, 0.2) is 0 Å². The molecule has 0 saturated heterocycles. The number of carbonyl (C=O) groups excluding carboxylic acids is 1. The van der Waals surface area contributed by atoms with Crippen LogP contribution in [0, 0.1) is 0 Å². The summed E-state index contributed by atoms with van der Waals surface area (Å²) in [6, 6.07) is 0. The molecule has 0 aromatic carbocycles. The average molecular weight is 198 g/mol. The van der Waals surface area contributed by atoms with E-state index in [1.807, 2.05) is 6.08 Å². The van der Waals surface area contributed by atoms with E-state index in [0.29, 0.717) is 6.61 Å². The second-order valence-electron chi connectivity index (χ2n) is 3.48. The fraction of sp³-hybridized carbons (Fsp3) is 0.750. The molecule has 0 spiro atoms. The molecule has 14 heavy (non-hydrogen) atoms. The molecule has 0 aliphatic rings. The number of hydrogen-bond acceptors (Lipinski definition) is 2. The number of carbonyl (C=O) groups is 1. The van der Waals surface area contributed by atoms with Crippen molar-refractivity contribution >= 4 is 5.97 Å². The molecule has 0 fully saturated rings. The predicted octanol–water partition coefficient (Wildman–Crippen LogP) is 3.47. The summed E-state index contributed by atoms with van der Waals surface area (Å²) in [4.78, 5) is 10.4. The first-order valence-corrected chi connectivity index (χ1v) is 5.55. The van der Waals surface area contributed by atoms with E-state index < -0.39 is 0 Å². The van der Waals surface area contributed by atoms with Crippen LogP contribution in [0.1, 0.15) is 52.4 Å². The standard InChI is InChI=1S/C12H22O2/c1-3-4-5-6-7-8-9-10-11-14-12(2)13/h9-10H,3-8,11H2,1-2H3. The van der Waals surface area contributed by atoms with Crippen molar-refractivity contribution in [1.82, 2.24) is 0 Å². The van der Waals surface area contributed by atoms with Gasteiger partial charge in [-0.1, -0.05) is 44.8 Å². The lowest BCUT2D eigenvalue weighted by molar-refractivity contribution is -0.139. The molecule has 82 valence electrons. The molecule has 2 heteroatoms. The van der Waals surface area contributed by atoms with Crippen LogP contribution < -0.4 is 0 Å². The van der Waals surface area contributed by atoms with Crippen molar-refractivity contribution in [2.24, 2.45) is 0 Å².